The van der Waals surface area contributed by atoms with E-state index in [-0.39, 0.29) is 5.91 Å². The zero-order chi connectivity index (χ0) is 9.84. The predicted octanol–water partition coefficient (Wildman–Crippen LogP) is 0.487. The van der Waals surface area contributed by atoms with Gasteiger partial charge in [-0.1, -0.05) is 0 Å². The summed E-state index contributed by atoms with van der Waals surface area (Å²) in [6.45, 7) is 1.88. The smallest absolute Gasteiger partial charge is 0.217 e. The Bertz CT molecular complexity index is 323. The summed E-state index contributed by atoms with van der Waals surface area (Å²) in [6, 6.07) is 5.21. The summed E-state index contributed by atoms with van der Waals surface area (Å²) in [5.74, 6) is -0.0816. The maximum Gasteiger partial charge on any atom is 0.217 e. The van der Waals surface area contributed by atoms with Gasteiger partial charge < -0.3 is 16.8 Å². The minimum atomic E-state index is -0.0816. The van der Waals surface area contributed by atoms with Crippen molar-refractivity contribution in [3.8, 4) is 0 Å². The van der Waals surface area contributed by atoms with Gasteiger partial charge in [0.15, 0.2) is 0 Å². The van der Waals surface area contributed by atoms with Crippen molar-refractivity contribution in [2.45, 2.75) is 13.5 Å². The van der Waals surface area contributed by atoms with E-state index in [2.05, 4.69) is 5.32 Å². The van der Waals surface area contributed by atoms with Crippen molar-refractivity contribution in [3.05, 3.63) is 23.8 Å². The van der Waals surface area contributed by atoms with Crippen LogP contribution in [0.15, 0.2) is 18.2 Å². The van der Waals surface area contributed by atoms with Gasteiger partial charge in [0.05, 0.1) is 0 Å². The minimum absolute atomic E-state index is 0.0816. The summed E-state index contributed by atoms with van der Waals surface area (Å²) in [7, 11) is 0. The van der Waals surface area contributed by atoms with E-state index >= 15 is 0 Å². The molecule has 0 aliphatic rings. The fourth-order valence-corrected chi connectivity index (χ4v) is 0.998. The fraction of sp³-hybridized carbons (Fsp3) is 0.222. The lowest BCUT2D eigenvalue weighted by molar-refractivity contribution is -0.119. The molecular formula is C9H13N3O. The van der Waals surface area contributed by atoms with Gasteiger partial charge in [-0.3, -0.25) is 4.79 Å². The van der Waals surface area contributed by atoms with E-state index in [0.29, 0.717) is 17.9 Å². The van der Waals surface area contributed by atoms with Gasteiger partial charge in [0.2, 0.25) is 5.91 Å². The highest BCUT2D eigenvalue weighted by atomic mass is 16.1. The molecule has 0 bridgehead atoms. The van der Waals surface area contributed by atoms with Gasteiger partial charge in [0.1, 0.15) is 0 Å². The molecule has 0 radical (unpaired) electrons. The number of nitrogens with two attached hydrogens (primary N) is 2. The van der Waals surface area contributed by atoms with Crippen molar-refractivity contribution < 1.29 is 4.79 Å². The molecule has 1 aromatic rings. The van der Waals surface area contributed by atoms with Crippen LogP contribution in [0.25, 0.3) is 0 Å². The molecule has 5 N–H and O–H groups in total. The lowest BCUT2D eigenvalue weighted by atomic mass is 10.1. The van der Waals surface area contributed by atoms with Gasteiger partial charge in [-0.25, -0.2) is 0 Å². The largest absolute Gasteiger partial charge is 0.399 e. The highest BCUT2D eigenvalue weighted by Gasteiger charge is 1.99. The van der Waals surface area contributed by atoms with E-state index in [1.165, 1.54) is 6.92 Å². The molecule has 0 atom stereocenters. The highest BCUT2D eigenvalue weighted by Crippen LogP contribution is 2.14. The minimum Gasteiger partial charge on any atom is -0.399 e. The van der Waals surface area contributed by atoms with Gasteiger partial charge >= 0.3 is 0 Å². The van der Waals surface area contributed by atoms with E-state index in [1.807, 2.05) is 0 Å². The summed E-state index contributed by atoms with van der Waals surface area (Å²) in [5, 5.41) is 2.66. The molecule has 0 heterocycles. The van der Waals surface area contributed by atoms with Crippen LogP contribution in [-0.2, 0) is 11.3 Å². The first-order chi connectivity index (χ1) is 6.09. The monoisotopic (exact) mass is 179 g/mol. The predicted molar refractivity (Wildman–Crippen MR) is 52.8 cm³/mol. The Morgan fingerprint density at radius 3 is 2.77 bits per heavy atom. The van der Waals surface area contributed by atoms with Crippen molar-refractivity contribution in [1.82, 2.24) is 5.32 Å². The van der Waals surface area contributed by atoms with Crippen LogP contribution in [-0.4, -0.2) is 5.91 Å². The third-order valence-electron chi connectivity index (χ3n) is 1.69. The summed E-state index contributed by atoms with van der Waals surface area (Å²) >= 11 is 0. The fourth-order valence-electron chi connectivity index (χ4n) is 0.998. The summed E-state index contributed by atoms with van der Waals surface area (Å²) in [4.78, 5) is 10.6. The van der Waals surface area contributed by atoms with Crippen LogP contribution in [0.3, 0.4) is 0 Å². The molecule has 0 fully saturated rings. The number of carbonyl (C=O) groups excluding carboxylic acids is 1. The molecule has 0 aliphatic carbocycles. The van der Waals surface area contributed by atoms with Crippen LogP contribution in [0.1, 0.15) is 12.5 Å². The van der Waals surface area contributed by atoms with Crippen molar-refractivity contribution in [3.63, 3.8) is 0 Å². The molecule has 0 aromatic heterocycles. The van der Waals surface area contributed by atoms with E-state index in [0.717, 1.165) is 5.56 Å². The SMILES string of the molecule is CC(=O)NCc1cc(N)ccc1N. The second-order valence-corrected chi connectivity index (χ2v) is 2.87. The van der Waals surface area contributed by atoms with Crippen LogP contribution in [0, 0.1) is 0 Å². The Hall–Kier alpha value is -1.71. The first kappa shape index (κ1) is 9.38. The van der Waals surface area contributed by atoms with E-state index in [9.17, 15) is 4.79 Å². The van der Waals surface area contributed by atoms with Crippen LogP contribution >= 0.6 is 0 Å². The van der Waals surface area contributed by atoms with Crippen LogP contribution in [0.2, 0.25) is 0 Å². The Morgan fingerprint density at radius 1 is 1.46 bits per heavy atom. The molecule has 0 saturated heterocycles. The quantitative estimate of drug-likeness (QED) is 0.578. The highest BCUT2D eigenvalue weighted by molar-refractivity contribution is 5.73. The average Bonchev–Trinajstić information content (AvgIpc) is 2.06. The molecule has 0 spiro atoms. The summed E-state index contributed by atoms with van der Waals surface area (Å²) in [6.07, 6.45) is 0. The topological polar surface area (TPSA) is 81.1 Å². The number of hydrogen-bond donors (Lipinski definition) is 3. The molecular weight excluding hydrogens is 166 g/mol. The number of benzene rings is 1. The van der Waals surface area contributed by atoms with Crippen LogP contribution < -0.4 is 16.8 Å². The van der Waals surface area contributed by atoms with Crippen molar-refractivity contribution in [1.29, 1.82) is 0 Å². The number of amides is 1. The maximum absolute atomic E-state index is 10.6. The van der Waals surface area contributed by atoms with Gasteiger partial charge in [0.25, 0.3) is 0 Å². The molecule has 1 amide bonds. The number of carbonyl (C=O) groups is 1. The molecule has 1 aromatic carbocycles. The zero-order valence-electron chi connectivity index (χ0n) is 7.50. The lowest BCUT2D eigenvalue weighted by Crippen LogP contribution is -2.19. The zero-order valence-corrected chi connectivity index (χ0v) is 7.50. The van der Waals surface area contributed by atoms with Crippen molar-refractivity contribution in [2.24, 2.45) is 0 Å². The molecule has 0 aliphatic heterocycles. The number of hydrogen-bond acceptors (Lipinski definition) is 3. The lowest BCUT2D eigenvalue weighted by Gasteiger charge is -2.06. The second-order valence-electron chi connectivity index (χ2n) is 2.87. The first-order valence-corrected chi connectivity index (χ1v) is 3.98. The second kappa shape index (κ2) is 3.80. The number of nitrogens with one attached hydrogen (secondary N) is 1. The van der Waals surface area contributed by atoms with E-state index in [1.54, 1.807) is 18.2 Å². The molecule has 0 unspecified atom stereocenters. The average molecular weight is 179 g/mol. The van der Waals surface area contributed by atoms with Crippen LogP contribution in [0.5, 0.6) is 0 Å². The van der Waals surface area contributed by atoms with Crippen molar-refractivity contribution in [2.75, 3.05) is 11.5 Å². The standard InChI is InChI=1S/C9H13N3O/c1-6(13)12-5-7-4-8(10)2-3-9(7)11/h2-4H,5,10-11H2,1H3,(H,12,13). The molecule has 1 rings (SSSR count). The van der Waals surface area contributed by atoms with Crippen LogP contribution in [0.4, 0.5) is 11.4 Å². The van der Waals surface area contributed by atoms with Gasteiger partial charge in [-0.2, -0.15) is 0 Å². The number of rotatable bonds is 2. The van der Waals surface area contributed by atoms with Gasteiger partial charge in [0, 0.05) is 24.8 Å². The number of anilines is 2. The molecule has 13 heavy (non-hydrogen) atoms. The van der Waals surface area contributed by atoms with Crippen molar-refractivity contribution >= 4 is 17.3 Å². The summed E-state index contributed by atoms with van der Waals surface area (Å²) < 4.78 is 0. The molecule has 0 saturated carbocycles. The van der Waals surface area contributed by atoms with Gasteiger partial charge in [-0.05, 0) is 23.8 Å². The van der Waals surface area contributed by atoms with E-state index in [4.69, 9.17) is 11.5 Å². The third-order valence-corrected chi connectivity index (χ3v) is 1.69. The first-order valence-electron chi connectivity index (χ1n) is 3.98. The Balaban J connectivity index is 2.75. The Kier molecular flexibility index (Phi) is 2.74. The van der Waals surface area contributed by atoms with E-state index < -0.39 is 0 Å². The Labute approximate surface area is 76.9 Å². The Morgan fingerprint density at radius 2 is 2.15 bits per heavy atom. The normalized spacial score (nSPS) is 9.62. The van der Waals surface area contributed by atoms with Gasteiger partial charge in [-0.15, -0.1) is 0 Å². The third kappa shape index (κ3) is 2.66. The molecule has 4 nitrogen and oxygen atoms in total. The summed E-state index contributed by atoms with van der Waals surface area (Å²) in [5.41, 5.74) is 13.4. The maximum atomic E-state index is 10.6. The molecule has 4 heteroatoms. The molecule has 70 valence electrons. The number of nitrogen functional groups attached to an aromatic ring is 2.